The van der Waals surface area contributed by atoms with Crippen LogP contribution in [0.25, 0.3) is 0 Å². The van der Waals surface area contributed by atoms with Gasteiger partial charge in [0.25, 0.3) is 5.69 Å². The van der Waals surface area contributed by atoms with Crippen LogP contribution in [0.2, 0.25) is 0 Å². The maximum absolute atomic E-state index is 10.9. The lowest BCUT2D eigenvalue weighted by Crippen LogP contribution is -2.12. The van der Waals surface area contributed by atoms with E-state index in [1.165, 1.54) is 6.07 Å². The second kappa shape index (κ2) is 7.10. The van der Waals surface area contributed by atoms with E-state index in [1.807, 2.05) is 6.92 Å². The van der Waals surface area contributed by atoms with Gasteiger partial charge < -0.3 is 10.1 Å². The van der Waals surface area contributed by atoms with Gasteiger partial charge in [0.15, 0.2) is 0 Å². The number of hydrogen-bond donors (Lipinski definition) is 1. The highest BCUT2D eigenvalue weighted by molar-refractivity contribution is 9.10. The van der Waals surface area contributed by atoms with Gasteiger partial charge in [0, 0.05) is 23.5 Å². The van der Waals surface area contributed by atoms with Crippen molar-refractivity contribution < 1.29 is 9.72 Å². The molecule has 0 aliphatic carbocycles. The predicted molar refractivity (Wildman–Crippen MR) is 73.7 cm³/mol. The monoisotopic (exact) mass is 314 g/mol. The molecule has 0 aliphatic rings. The smallest absolute Gasteiger partial charge is 0.292 e. The van der Waals surface area contributed by atoms with Gasteiger partial charge in [-0.05, 0) is 24.5 Å². The van der Waals surface area contributed by atoms with Gasteiger partial charge in [-0.15, -0.1) is 0 Å². The van der Waals surface area contributed by atoms with E-state index < -0.39 is 4.92 Å². The van der Waals surface area contributed by atoms with Gasteiger partial charge in [0.05, 0.1) is 4.92 Å². The lowest BCUT2D eigenvalue weighted by molar-refractivity contribution is -0.384. The summed E-state index contributed by atoms with van der Waals surface area (Å²) in [6.45, 7) is 2.60. The fourth-order valence-electron chi connectivity index (χ4n) is 1.55. The van der Waals surface area contributed by atoms with E-state index in [-0.39, 0.29) is 11.6 Å². The molecule has 6 heteroatoms. The average molecular weight is 315 g/mol. The topological polar surface area (TPSA) is 72.2 Å². The number of nitrogens with one attached hydrogen (secondary N) is 1. The zero-order valence-corrected chi connectivity index (χ0v) is 11.6. The Balaban J connectivity index is 2.68. The second-order valence-corrected chi connectivity index (χ2v) is 5.06. The molecular weight excluding hydrogens is 300 g/mol. The van der Waals surface area contributed by atoms with Crippen molar-refractivity contribution in [3.8, 4) is 0 Å². The molecule has 0 spiro atoms. The van der Waals surface area contributed by atoms with Crippen LogP contribution < -0.4 is 5.32 Å². The standard InChI is InChI=1S/C12H15BrN2O3/c1-9(3-2-6-16)8-14-11-7-10(13)4-5-12(11)15(17)18/h4-7,9,14H,2-3,8H2,1H3. The number of hydrogen-bond acceptors (Lipinski definition) is 4. The molecule has 0 fully saturated rings. The van der Waals surface area contributed by atoms with E-state index in [9.17, 15) is 14.9 Å². The Labute approximate surface area is 114 Å². The summed E-state index contributed by atoms with van der Waals surface area (Å²) in [6, 6.07) is 4.78. The molecule has 0 aromatic heterocycles. The predicted octanol–water partition coefficient (Wildman–Crippen LogP) is 3.38. The normalized spacial score (nSPS) is 11.9. The van der Waals surface area contributed by atoms with E-state index in [1.54, 1.807) is 12.1 Å². The number of carbonyl (C=O) groups is 1. The van der Waals surface area contributed by atoms with Crippen LogP contribution in [0.15, 0.2) is 22.7 Å². The molecule has 0 amide bonds. The quantitative estimate of drug-likeness (QED) is 0.475. The summed E-state index contributed by atoms with van der Waals surface area (Å²) in [4.78, 5) is 20.7. The van der Waals surface area contributed by atoms with Crippen molar-refractivity contribution in [2.24, 2.45) is 5.92 Å². The van der Waals surface area contributed by atoms with Crippen LogP contribution >= 0.6 is 15.9 Å². The molecule has 98 valence electrons. The van der Waals surface area contributed by atoms with E-state index in [4.69, 9.17) is 0 Å². The summed E-state index contributed by atoms with van der Waals surface area (Å²) in [5, 5.41) is 13.9. The number of rotatable bonds is 7. The summed E-state index contributed by atoms with van der Waals surface area (Å²) in [6.07, 6.45) is 2.18. The minimum atomic E-state index is -0.412. The molecule has 5 nitrogen and oxygen atoms in total. The van der Waals surface area contributed by atoms with Crippen molar-refractivity contribution in [3.05, 3.63) is 32.8 Å². The van der Waals surface area contributed by atoms with Gasteiger partial charge >= 0.3 is 0 Å². The lowest BCUT2D eigenvalue weighted by Gasteiger charge is -2.12. The average Bonchev–Trinajstić information content (AvgIpc) is 2.33. The zero-order chi connectivity index (χ0) is 13.5. The fourth-order valence-corrected chi connectivity index (χ4v) is 1.91. The number of carbonyl (C=O) groups excluding carboxylic acids is 1. The van der Waals surface area contributed by atoms with E-state index in [2.05, 4.69) is 21.2 Å². The van der Waals surface area contributed by atoms with Crippen LogP contribution in [-0.2, 0) is 4.79 Å². The van der Waals surface area contributed by atoms with Crippen LogP contribution in [0.4, 0.5) is 11.4 Å². The first-order chi connectivity index (χ1) is 8.54. The number of halogens is 1. The third kappa shape index (κ3) is 4.44. The molecule has 0 heterocycles. The van der Waals surface area contributed by atoms with Crippen LogP contribution in [0, 0.1) is 16.0 Å². The maximum atomic E-state index is 10.9. The van der Waals surface area contributed by atoms with Crippen molar-refractivity contribution in [1.29, 1.82) is 0 Å². The highest BCUT2D eigenvalue weighted by Gasteiger charge is 2.14. The fraction of sp³-hybridized carbons (Fsp3) is 0.417. The van der Waals surface area contributed by atoms with Gasteiger partial charge in [0.2, 0.25) is 0 Å². The third-order valence-electron chi connectivity index (χ3n) is 2.57. The van der Waals surface area contributed by atoms with Crippen LogP contribution in [-0.4, -0.2) is 17.8 Å². The molecule has 0 saturated heterocycles. The molecule has 18 heavy (non-hydrogen) atoms. The van der Waals surface area contributed by atoms with Crippen molar-refractivity contribution >= 4 is 33.6 Å². The second-order valence-electron chi connectivity index (χ2n) is 4.15. The first kappa shape index (κ1) is 14.6. The number of nitro groups is 1. The molecule has 0 aliphatic heterocycles. The molecule has 1 aromatic carbocycles. The first-order valence-corrected chi connectivity index (χ1v) is 6.45. The Hall–Kier alpha value is -1.43. The van der Waals surface area contributed by atoms with Gasteiger partial charge in [-0.2, -0.15) is 0 Å². The molecule has 1 N–H and O–H groups in total. The molecule has 1 unspecified atom stereocenters. The van der Waals surface area contributed by atoms with Crippen molar-refractivity contribution in [2.45, 2.75) is 19.8 Å². The highest BCUT2D eigenvalue weighted by atomic mass is 79.9. The number of nitrogens with zero attached hydrogens (tertiary/aromatic N) is 1. The van der Waals surface area contributed by atoms with Gasteiger partial charge in [0.1, 0.15) is 12.0 Å². The Morgan fingerprint density at radius 1 is 1.56 bits per heavy atom. The number of nitro benzene ring substituents is 1. The SMILES string of the molecule is CC(CCC=O)CNc1cc(Br)ccc1[N+](=O)[O-]. The third-order valence-corrected chi connectivity index (χ3v) is 3.07. The van der Waals surface area contributed by atoms with E-state index in [0.29, 0.717) is 18.7 Å². The lowest BCUT2D eigenvalue weighted by atomic mass is 10.1. The van der Waals surface area contributed by atoms with E-state index >= 15 is 0 Å². The van der Waals surface area contributed by atoms with Crippen molar-refractivity contribution in [1.82, 2.24) is 0 Å². The van der Waals surface area contributed by atoms with E-state index in [0.717, 1.165) is 17.2 Å². The minimum absolute atomic E-state index is 0.0563. The molecule has 1 atom stereocenters. The molecule has 0 radical (unpaired) electrons. The summed E-state index contributed by atoms with van der Waals surface area (Å²) in [5.41, 5.74) is 0.549. The summed E-state index contributed by atoms with van der Waals surface area (Å²) in [7, 11) is 0. The molecule has 0 bridgehead atoms. The Bertz CT molecular complexity index is 437. The van der Waals surface area contributed by atoms with Crippen LogP contribution in [0.1, 0.15) is 19.8 Å². The summed E-state index contributed by atoms with van der Waals surface area (Å²) < 4.78 is 0.788. The number of anilines is 1. The van der Waals surface area contributed by atoms with Crippen LogP contribution in [0.5, 0.6) is 0 Å². The molecule has 0 saturated carbocycles. The Morgan fingerprint density at radius 2 is 2.28 bits per heavy atom. The van der Waals surface area contributed by atoms with Gasteiger partial charge in [-0.1, -0.05) is 22.9 Å². The molecule has 1 aromatic rings. The number of benzene rings is 1. The van der Waals surface area contributed by atoms with Crippen LogP contribution in [0.3, 0.4) is 0 Å². The number of aldehydes is 1. The first-order valence-electron chi connectivity index (χ1n) is 5.66. The van der Waals surface area contributed by atoms with Crippen molar-refractivity contribution in [2.75, 3.05) is 11.9 Å². The summed E-state index contributed by atoms with van der Waals surface area (Å²) in [5.74, 6) is 0.286. The maximum Gasteiger partial charge on any atom is 0.292 e. The van der Waals surface area contributed by atoms with Gasteiger partial charge in [-0.3, -0.25) is 10.1 Å². The highest BCUT2D eigenvalue weighted by Crippen LogP contribution is 2.28. The molecular formula is C12H15BrN2O3. The Kier molecular flexibility index (Phi) is 5.77. The largest absolute Gasteiger partial charge is 0.379 e. The zero-order valence-electron chi connectivity index (χ0n) is 10.1. The summed E-state index contributed by atoms with van der Waals surface area (Å²) >= 11 is 3.29. The van der Waals surface area contributed by atoms with Gasteiger partial charge in [-0.25, -0.2) is 0 Å². The minimum Gasteiger partial charge on any atom is -0.379 e. The Morgan fingerprint density at radius 3 is 2.89 bits per heavy atom. The van der Waals surface area contributed by atoms with Crippen molar-refractivity contribution in [3.63, 3.8) is 0 Å². The molecule has 1 rings (SSSR count).